The first-order chi connectivity index (χ1) is 63.6. The summed E-state index contributed by atoms with van der Waals surface area (Å²) in [5.74, 6) is 1.82. The van der Waals surface area contributed by atoms with E-state index in [2.05, 4.69) is 149 Å². The summed E-state index contributed by atoms with van der Waals surface area (Å²) in [7, 11) is 13.6. The lowest BCUT2D eigenvalue weighted by molar-refractivity contribution is -0.0555. The van der Waals surface area contributed by atoms with Crippen LogP contribution in [0.25, 0.3) is 22.5 Å². The van der Waals surface area contributed by atoms with Crippen LogP contribution >= 0.6 is 50.8 Å². The summed E-state index contributed by atoms with van der Waals surface area (Å²) < 4.78 is 82.0. The number of H-pyrrole nitrogens is 1. The van der Waals surface area contributed by atoms with Gasteiger partial charge in [-0.2, -0.15) is 30.6 Å². The molecule has 33 nitrogen and oxygen atoms in total. The summed E-state index contributed by atoms with van der Waals surface area (Å²) in [5, 5.41) is 49.5. The molecule has 133 heavy (non-hydrogen) atoms. The molecule has 9 aliphatic heterocycles. The number of anilines is 8. The van der Waals surface area contributed by atoms with Gasteiger partial charge in [0.2, 0.25) is 0 Å². The third kappa shape index (κ3) is 29.5. The number of carbonyl (C=O) groups excluding carboxylic acids is 4. The zero-order chi connectivity index (χ0) is 95.7. The average Bonchev–Trinajstić information content (AvgIpc) is 1.61. The topological polar surface area (TPSA) is 333 Å². The third-order valence-corrected chi connectivity index (χ3v) is 29.4. The highest BCUT2D eigenvalue weighted by atomic mass is 79.9. The van der Waals surface area contributed by atoms with Gasteiger partial charge < -0.3 is 75.3 Å². The molecule has 17 heterocycles. The first kappa shape index (κ1) is 105. The van der Waals surface area contributed by atoms with Crippen molar-refractivity contribution in [2.45, 2.75) is 185 Å². The molecule has 8 aromatic rings. The van der Waals surface area contributed by atoms with Crippen LogP contribution in [-0.4, -0.2) is 320 Å². The molecule has 0 radical (unpaired) electrons. The van der Waals surface area contributed by atoms with Gasteiger partial charge >= 0.3 is 0 Å². The van der Waals surface area contributed by atoms with E-state index in [4.69, 9.17) is 20.3 Å². The first-order valence-electron chi connectivity index (χ1n) is 47.1. The Hall–Kier alpha value is -8.56. The van der Waals surface area contributed by atoms with E-state index in [0.29, 0.717) is 69.8 Å². The highest BCUT2D eigenvalue weighted by Gasteiger charge is 2.38. The van der Waals surface area contributed by atoms with E-state index in [9.17, 15) is 41.1 Å². The molecule has 7 N–H and O–H groups in total. The number of thiazole rings is 2. The highest BCUT2D eigenvalue weighted by Crippen LogP contribution is 2.42. The van der Waals surface area contributed by atoms with Crippen molar-refractivity contribution in [3.8, 4) is 22.5 Å². The van der Waals surface area contributed by atoms with Crippen molar-refractivity contribution in [2.24, 2.45) is 41.0 Å². The van der Waals surface area contributed by atoms with Gasteiger partial charge in [0.15, 0.2) is 46.8 Å². The smallest absolute Gasteiger partial charge is 0.250 e. The van der Waals surface area contributed by atoms with Gasteiger partial charge in [0, 0.05) is 267 Å². The van der Waals surface area contributed by atoms with E-state index < -0.39 is 25.8 Å². The van der Waals surface area contributed by atoms with Crippen LogP contribution in [0.4, 0.5) is 67.1 Å². The van der Waals surface area contributed by atoms with Crippen LogP contribution in [-0.2, 0) is 52.5 Å². The number of likely N-dealkylation sites (tertiary alicyclic amines) is 3. The zero-order valence-corrected chi connectivity index (χ0v) is 84.9. The molecular weight excluding hydrogens is 1850 g/mol. The number of hydrogen-bond acceptors (Lipinski definition) is 28. The number of aromatic nitrogens is 14. The predicted octanol–water partition coefficient (Wildman–Crippen LogP) is 13.0. The van der Waals surface area contributed by atoms with Crippen molar-refractivity contribution in [1.82, 2.24) is 89.1 Å². The Labute approximate surface area is 802 Å². The molecule has 0 atom stereocenters. The lowest BCUT2D eigenvalue weighted by atomic mass is 9.96. The number of nitrogens with zero attached hydrogens (tertiary/aromatic N) is 22. The number of aliphatic hydroxyl groups excluding tert-OH is 1. The molecule has 0 bridgehead atoms. The Morgan fingerprint density at radius 1 is 0.466 bits per heavy atom. The number of aromatic amines is 1. The van der Waals surface area contributed by atoms with Crippen molar-refractivity contribution in [1.29, 1.82) is 0 Å². The first-order valence-corrected chi connectivity index (χ1v) is 53.7. The maximum atomic E-state index is 13.8. The Morgan fingerprint density at radius 2 is 0.789 bits per heavy atom. The van der Waals surface area contributed by atoms with Crippen molar-refractivity contribution in [2.75, 3.05) is 217 Å². The minimum Gasteiger partial charge on any atom is -0.418 e. The lowest BCUT2D eigenvalue weighted by Crippen LogP contribution is -2.41. The maximum absolute atomic E-state index is 13.8. The van der Waals surface area contributed by atoms with E-state index >= 15 is 0 Å². The van der Waals surface area contributed by atoms with E-state index in [1.165, 1.54) is 9.75 Å². The van der Waals surface area contributed by atoms with Crippen LogP contribution in [0.5, 0.6) is 0 Å². The van der Waals surface area contributed by atoms with Crippen LogP contribution in [0, 0.1) is 0 Å². The lowest BCUT2D eigenvalue weighted by Gasteiger charge is -2.34. The molecule has 0 aliphatic carbocycles. The minimum atomic E-state index is -2.47. The van der Waals surface area contributed by atoms with Gasteiger partial charge in [-0.1, -0.05) is 15.9 Å². The van der Waals surface area contributed by atoms with Crippen molar-refractivity contribution in [3.63, 3.8) is 0 Å². The van der Waals surface area contributed by atoms with Gasteiger partial charge in [-0.3, -0.25) is 47.7 Å². The SMILES string of the molecule is CNC(N)=S.CNc1nc2c(s1)CCN(CCCN1CCC(F)(F)CC1)c1[nH]ncc1-2.CNc1nc2c(s1)CCN(CCCN1CCC(F)(F)CC1)c1c-2cnn1C.Cn1ncc2c1N(CCCBr)CCCC2=O.Cn1ncc2c1N(CCCN1CCC(C)(F)CC1)CCCC2=O.Cn1ncc2c1N(CCCO)CCCC2=O.Cn1ncc2c1N(CCCO[Si](C)(C)C)CCCC2=O. The molecular formula is C90H141BrF5N27O6S3Si. The number of thiocarbonyl (C=S) groups is 1. The zero-order valence-electron chi connectivity index (χ0n) is 79.9. The molecule has 0 unspecified atom stereocenters. The Kier molecular flexibility index (Phi) is 39.0. The number of aryl methyl sites for hydroxylation is 5. The number of rotatable bonds is 25. The standard InChI is InChI=1S/C18H26F2N6S.C17H24F2N6S.C17H27FN4O.C14H25N3O2Si.C11H16BrN3O.C11H17N3O2.C2H6N2S/c1-21-17-23-15-13-12-22-24(2)16(13)26(9-4-14(15)27-17)8-3-7-25-10-5-18(19,20)6-11-25;1-20-16-22-14-12-11-21-23-15(12)25(8-3-13(14)26-16)7-2-6-24-9-4-17(18,19)5-10-24;1-17(18)6-11-21(12-7-17)8-4-10-22-9-3-5-15(23)14-13-19-20(2)16(14)22;1-16-14-12(11-15-16)13(18)7-5-8-17(14)9-6-10-19-20(2,3)4;1-14-11-9(8-13-14)10(16)4-2-6-15(11)7-3-5-12;1-13-11-9(8-12-13)10(16)4-2-5-14(11)6-3-7-15;1-4-2(3)5/h12H,3-11H2,1-2H3,(H,21,23);11H,2-10H2,1H3,(H,20,22)(H,21,23);13H,3-12H2,1-2H3;11H,5-10H2,1-4H3;8H,2-7H2,1H3;8,15H,2-7H2,1H3;1H3,(H3,3,4,5). The summed E-state index contributed by atoms with van der Waals surface area (Å²) in [6.07, 6.45) is 25.5. The number of alkyl halides is 6. The predicted molar refractivity (Wildman–Crippen MR) is 531 cm³/mol. The Bertz CT molecular complexity index is 4960. The van der Waals surface area contributed by atoms with Gasteiger partial charge in [0.25, 0.3) is 11.8 Å². The van der Waals surface area contributed by atoms with Crippen LogP contribution in [0.2, 0.25) is 19.6 Å². The molecule has 736 valence electrons. The number of halogens is 6. The molecule has 3 saturated heterocycles. The molecule has 43 heteroatoms. The number of ketones is 4. The third-order valence-electron chi connectivity index (χ3n) is 25.3. The van der Waals surface area contributed by atoms with Gasteiger partial charge in [0.05, 0.1) is 81.9 Å². The monoisotopic (exact) mass is 1990 g/mol. The molecule has 0 saturated carbocycles. The van der Waals surface area contributed by atoms with Gasteiger partial charge in [-0.05, 0) is 135 Å². The fraction of sp³-hybridized carbons (Fsp3) is 0.678. The molecule has 8 aromatic heterocycles. The van der Waals surface area contributed by atoms with Gasteiger partial charge in [-0.15, -0.1) is 22.7 Å². The summed E-state index contributed by atoms with van der Waals surface area (Å²) in [6.45, 7) is 26.5. The number of Topliss-reactive ketones (excluding diaryl/α,β-unsaturated/α-hetero) is 4. The van der Waals surface area contributed by atoms with Gasteiger partial charge in [0.1, 0.15) is 40.6 Å². The van der Waals surface area contributed by atoms with Crippen LogP contribution in [0.3, 0.4) is 0 Å². The number of piperidine rings is 3. The molecule has 0 aromatic carbocycles. The van der Waals surface area contributed by atoms with E-state index in [0.717, 1.165) is 290 Å². The number of nitrogens with one attached hydrogen (secondary N) is 4. The minimum absolute atomic E-state index is 0.0116. The highest BCUT2D eigenvalue weighted by molar-refractivity contribution is 9.09. The maximum Gasteiger partial charge on any atom is 0.250 e. The van der Waals surface area contributed by atoms with Crippen molar-refractivity contribution >= 4 is 133 Å². The number of hydrogen-bond donors (Lipinski definition) is 6. The van der Waals surface area contributed by atoms with Gasteiger partial charge in [-0.25, -0.2) is 31.9 Å². The fourth-order valence-electron chi connectivity index (χ4n) is 18.1. The van der Waals surface area contributed by atoms with E-state index in [1.807, 2.05) is 80.5 Å². The quantitative estimate of drug-likeness (QED) is 0.0102. The second kappa shape index (κ2) is 49.5. The normalized spacial score (nSPS) is 18.2. The Balaban J connectivity index is 0.000000154. The number of nitrogens with two attached hydrogens (primary N) is 1. The molecule has 0 amide bonds. The summed E-state index contributed by atoms with van der Waals surface area (Å²) >= 11 is 11.2. The molecule has 17 rings (SSSR count). The summed E-state index contributed by atoms with van der Waals surface area (Å²) in [5.41, 5.74) is 11.2. The largest absolute Gasteiger partial charge is 0.418 e. The van der Waals surface area contributed by atoms with Crippen LogP contribution in [0.1, 0.15) is 187 Å². The van der Waals surface area contributed by atoms with Crippen molar-refractivity contribution in [3.05, 3.63) is 69.2 Å². The van der Waals surface area contributed by atoms with Crippen LogP contribution < -0.4 is 51.1 Å². The number of carbonyl (C=O) groups is 4. The average molecular weight is 2000 g/mol. The number of aliphatic hydroxyl groups is 1. The fourth-order valence-corrected chi connectivity index (χ4v) is 20.9. The van der Waals surface area contributed by atoms with Crippen molar-refractivity contribution < 1.29 is 50.7 Å². The van der Waals surface area contributed by atoms with E-state index in [1.54, 1.807) is 66.1 Å². The number of fused-ring (bicyclic) bond motifs is 10. The second-order valence-electron chi connectivity index (χ2n) is 36.5. The summed E-state index contributed by atoms with van der Waals surface area (Å²) in [6, 6.07) is 0. The second-order valence-corrected chi connectivity index (χ2v) is 44.4. The summed E-state index contributed by atoms with van der Waals surface area (Å²) in [4.78, 5) is 80.1. The molecule has 9 aliphatic rings. The van der Waals surface area contributed by atoms with E-state index in [-0.39, 0.29) is 55.4 Å². The molecule has 0 spiro atoms. The molecule has 3 fully saturated rings. The Morgan fingerprint density at radius 3 is 1.15 bits per heavy atom. The van der Waals surface area contributed by atoms with Crippen LogP contribution in [0.15, 0.2) is 37.2 Å².